The summed E-state index contributed by atoms with van der Waals surface area (Å²) < 4.78 is 0. The Balaban J connectivity index is 2.83. The predicted octanol–water partition coefficient (Wildman–Crippen LogP) is 3.53. The normalized spacial score (nSPS) is 11.6. The van der Waals surface area contributed by atoms with E-state index in [1.54, 1.807) is 18.2 Å². The summed E-state index contributed by atoms with van der Waals surface area (Å²) in [7, 11) is 0. The summed E-state index contributed by atoms with van der Waals surface area (Å²) in [5.74, 6) is 2.28. The maximum Gasteiger partial charge on any atom is 0.253 e. The monoisotopic (exact) mass is 269 g/mol. The molecule has 1 amide bonds. The van der Waals surface area contributed by atoms with Crippen LogP contribution in [0, 0.1) is 12.3 Å². The minimum atomic E-state index is -0.250. The van der Waals surface area contributed by atoms with Crippen molar-refractivity contribution < 1.29 is 4.79 Å². The zero-order chi connectivity index (χ0) is 12.8. The summed E-state index contributed by atoms with van der Waals surface area (Å²) in [5.41, 5.74) is 0.370. The Labute approximate surface area is 111 Å². The Hall–Kier alpha value is -1.17. The van der Waals surface area contributed by atoms with Crippen LogP contribution in [0.25, 0.3) is 0 Å². The van der Waals surface area contributed by atoms with Crippen LogP contribution in [0.2, 0.25) is 10.0 Å². The molecule has 1 aromatic carbocycles. The molecular weight excluding hydrogens is 257 g/mol. The summed E-state index contributed by atoms with van der Waals surface area (Å²) in [4.78, 5) is 11.9. The van der Waals surface area contributed by atoms with Gasteiger partial charge in [-0.25, -0.2) is 0 Å². The van der Waals surface area contributed by atoms with Gasteiger partial charge in [-0.1, -0.05) is 36.2 Å². The van der Waals surface area contributed by atoms with Crippen LogP contribution in [-0.4, -0.2) is 11.9 Å². The number of nitrogens with one attached hydrogen (secondary N) is 1. The van der Waals surface area contributed by atoms with Gasteiger partial charge in [0.15, 0.2) is 0 Å². The van der Waals surface area contributed by atoms with Gasteiger partial charge in [-0.3, -0.25) is 4.79 Å². The van der Waals surface area contributed by atoms with Gasteiger partial charge in [-0.05, 0) is 18.6 Å². The maximum atomic E-state index is 11.9. The first-order valence-corrected chi connectivity index (χ1v) is 6.04. The topological polar surface area (TPSA) is 29.1 Å². The molecule has 0 spiro atoms. The first-order chi connectivity index (χ1) is 8.10. The van der Waals surface area contributed by atoms with Gasteiger partial charge in [0.05, 0.1) is 15.6 Å². The lowest BCUT2D eigenvalue weighted by Crippen LogP contribution is -2.34. The molecule has 0 saturated heterocycles. The average molecular weight is 270 g/mol. The Morgan fingerprint density at radius 2 is 2.24 bits per heavy atom. The molecule has 0 heterocycles. The Morgan fingerprint density at radius 3 is 2.82 bits per heavy atom. The minimum Gasteiger partial charge on any atom is -0.348 e. The van der Waals surface area contributed by atoms with E-state index in [1.807, 2.05) is 6.92 Å². The van der Waals surface area contributed by atoms with Crippen LogP contribution in [0.4, 0.5) is 0 Å². The maximum absolute atomic E-state index is 11.9. The van der Waals surface area contributed by atoms with Crippen LogP contribution >= 0.6 is 23.2 Å². The van der Waals surface area contributed by atoms with Crippen molar-refractivity contribution in [3.05, 3.63) is 33.8 Å². The Kier molecular flexibility index (Phi) is 5.34. The second kappa shape index (κ2) is 6.54. The third-order valence-corrected chi connectivity index (χ3v) is 3.21. The molecule has 90 valence electrons. The average Bonchev–Trinajstić information content (AvgIpc) is 2.31. The smallest absolute Gasteiger partial charge is 0.253 e. The van der Waals surface area contributed by atoms with Gasteiger partial charge in [0.2, 0.25) is 0 Å². The summed E-state index contributed by atoms with van der Waals surface area (Å²) in [6, 6.07) is 4.92. The first kappa shape index (κ1) is 13.9. The van der Waals surface area contributed by atoms with Crippen molar-refractivity contribution >= 4 is 29.1 Å². The van der Waals surface area contributed by atoms with E-state index in [2.05, 4.69) is 11.2 Å². The number of carbonyl (C=O) groups excluding carboxylic acids is 1. The van der Waals surface area contributed by atoms with Gasteiger partial charge in [-0.2, -0.15) is 0 Å². The fourth-order valence-electron chi connectivity index (χ4n) is 1.38. The molecule has 0 aromatic heterocycles. The highest BCUT2D eigenvalue weighted by Crippen LogP contribution is 2.25. The van der Waals surface area contributed by atoms with Crippen LogP contribution in [0.5, 0.6) is 0 Å². The van der Waals surface area contributed by atoms with Gasteiger partial charge in [0.25, 0.3) is 5.91 Å². The predicted molar refractivity (Wildman–Crippen MR) is 71.5 cm³/mol. The fourth-order valence-corrected chi connectivity index (χ4v) is 1.77. The quantitative estimate of drug-likeness (QED) is 0.833. The number of hydrogen-bond acceptors (Lipinski definition) is 1. The molecule has 1 atom stereocenters. The van der Waals surface area contributed by atoms with Crippen LogP contribution in [0.3, 0.4) is 0 Å². The molecule has 0 fully saturated rings. The lowest BCUT2D eigenvalue weighted by molar-refractivity contribution is 0.0937. The van der Waals surface area contributed by atoms with E-state index in [-0.39, 0.29) is 17.0 Å². The highest BCUT2D eigenvalue weighted by molar-refractivity contribution is 6.43. The van der Waals surface area contributed by atoms with E-state index in [0.717, 1.165) is 6.42 Å². The SMILES string of the molecule is C#CCC(CC)NC(=O)c1cccc(Cl)c1Cl. The Bertz CT molecular complexity index is 451. The number of halogens is 2. The number of terminal acetylenes is 1. The molecular formula is C13H13Cl2NO. The molecule has 0 saturated carbocycles. The molecule has 2 nitrogen and oxygen atoms in total. The first-order valence-electron chi connectivity index (χ1n) is 5.28. The number of rotatable bonds is 4. The molecule has 1 rings (SSSR count). The van der Waals surface area contributed by atoms with Gasteiger partial charge in [0.1, 0.15) is 0 Å². The summed E-state index contributed by atoms with van der Waals surface area (Å²) in [6.07, 6.45) is 6.50. The highest BCUT2D eigenvalue weighted by atomic mass is 35.5. The molecule has 0 aliphatic heterocycles. The molecule has 17 heavy (non-hydrogen) atoms. The molecule has 4 heteroatoms. The van der Waals surface area contributed by atoms with Crippen LogP contribution in [0.15, 0.2) is 18.2 Å². The molecule has 0 aliphatic carbocycles. The molecule has 1 unspecified atom stereocenters. The van der Waals surface area contributed by atoms with Gasteiger partial charge in [-0.15, -0.1) is 12.3 Å². The minimum absolute atomic E-state index is 0.0393. The molecule has 0 radical (unpaired) electrons. The van der Waals surface area contributed by atoms with E-state index in [1.165, 1.54) is 0 Å². The van der Waals surface area contributed by atoms with Crippen molar-refractivity contribution in [1.29, 1.82) is 0 Å². The van der Waals surface area contributed by atoms with E-state index >= 15 is 0 Å². The Morgan fingerprint density at radius 1 is 1.53 bits per heavy atom. The van der Waals surface area contributed by atoms with E-state index < -0.39 is 0 Å². The van der Waals surface area contributed by atoms with E-state index in [0.29, 0.717) is 17.0 Å². The molecule has 0 aliphatic rings. The highest BCUT2D eigenvalue weighted by Gasteiger charge is 2.15. The number of amides is 1. The zero-order valence-corrected chi connectivity index (χ0v) is 11.0. The van der Waals surface area contributed by atoms with Crippen LogP contribution in [-0.2, 0) is 0 Å². The zero-order valence-electron chi connectivity index (χ0n) is 9.47. The van der Waals surface area contributed by atoms with Crippen molar-refractivity contribution in [3.63, 3.8) is 0 Å². The van der Waals surface area contributed by atoms with Crippen molar-refractivity contribution in [2.75, 3.05) is 0 Å². The standard InChI is InChI=1S/C13H13Cl2NO/c1-3-6-9(4-2)16-13(17)10-7-5-8-11(14)12(10)15/h1,5,7-9H,4,6H2,2H3,(H,16,17). The van der Waals surface area contributed by atoms with Crippen molar-refractivity contribution in [1.82, 2.24) is 5.32 Å². The summed E-state index contributed by atoms with van der Waals surface area (Å²) >= 11 is 11.8. The van der Waals surface area contributed by atoms with Crippen molar-refractivity contribution in [2.45, 2.75) is 25.8 Å². The van der Waals surface area contributed by atoms with Gasteiger partial charge >= 0.3 is 0 Å². The van der Waals surface area contributed by atoms with Crippen molar-refractivity contribution in [3.8, 4) is 12.3 Å². The number of carbonyl (C=O) groups is 1. The molecule has 0 bridgehead atoms. The van der Waals surface area contributed by atoms with Gasteiger partial charge in [0, 0.05) is 12.5 Å². The van der Waals surface area contributed by atoms with E-state index in [4.69, 9.17) is 29.6 Å². The van der Waals surface area contributed by atoms with Gasteiger partial charge < -0.3 is 5.32 Å². The largest absolute Gasteiger partial charge is 0.348 e. The van der Waals surface area contributed by atoms with E-state index in [9.17, 15) is 4.79 Å². The fraction of sp³-hybridized carbons (Fsp3) is 0.308. The second-order valence-corrected chi connectivity index (χ2v) is 4.37. The second-order valence-electron chi connectivity index (χ2n) is 3.59. The van der Waals surface area contributed by atoms with Crippen molar-refractivity contribution in [2.24, 2.45) is 0 Å². The lowest BCUT2D eigenvalue weighted by Gasteiger charge is -2.15. The third-order valence-electron chi connectivity index (χ3n) is 2.39. The third kappa shape index (κ3) is 3.66. The lowest BCUT2D eigenvalue weighted by atomic mass is 10.1. The van der Waals surface area contributed by atoms with Crippen LogP contribution in [0.1, 0.15) is 30.1 Å². The van der Waals surface area contributed by atoms with Crippen LogP contribution < -0.4 is 5.32 Å². The number of hydrogen-bond donors (Lipinski definition) is 1. The molecule has 1 N–H and O–H groups in total. The number of benzene rings is 1. The summed E-state index contributed by atoms with van der Waals surface area (Å²) in [5, 5.41) is 3.46. The summed E-state index contributed by atoms with van der Waals surface area (Å²) in [6.45, 7) is 1.96. The molecule has 1 aromatic rings.